The highest BCUT2D eigenvalue weighted by Gasteiger charge is 2.38. The van der Waals surface area contributed by atoms with Gasteiger partial charge in [-0.2, -0.15) is 9.19 Å². The number of methoxy groups -OCH3 is 1. The highest BCUT2D eigenvalue weighted by molar-refractivity contribution is 7.90. The molecule has 2 aromatic heterocycles. The van der Waals surface area contributed by atoms with Crippen LogP contribution in [0.2, 0.25) is 0 Å². The second-order valence-corrected chi connectivity index (χ2v) is 15.5. The van der Waals surface area contributed by atoms with Crippen LogP contribution in [0, 0.1) is 11.3 Å². The first kappa shape index (κ1) is 31.6. The van der Waals surface area contributed by atoms with E-state index in [2.05, 4.69) is 56.8 Å². The van der Waals surface area contributed by atoms with E-state index in [1.807, 2.05) is 17.2 Å². The van der Waals surface area contributed by atoms with Gasteiger partial charge in [-0.15, -0.1) is 0 Å². The van der Waals surface area contributed by atoms with E-state index in [1.54, 1.807) is 19.4 Å². The quantitative estimate of drug-likeness (QED) is 0.346. The number of anilines is 1. The van der Waals surface area contributed by atoms with Crippen LogP contribution in [0.4, 0.5) is 5.82 Å². The number of hydrogen-bond donors (Lipinski definition) is 3. The smallest absolute Gasteiger partial charge is 0.256 e. The standard InChI is InChI=1S/C33H44N10O3S/c1-40(2)17-22-4-6-24(7-5-22)38-30-14-31(34)42(21-28(30)29-11-8-25(16-36-29)41-19-26(20-41)46-3)32-12-13-35-33(39-32)23-15-37-43(18-23)47(44,45)27-9-10-27/h8,11-16,18,22,24,26-27,34,36,38H,4-7,9-10,17,19-21H2,1-3H3. The van der Waals surface area contributed by atoms with Gasteiger partial charge in [0, 0.05) is 68.2 Å². The maximum absolute atomic E-state index is 12.7. The fraction of sp³-hybridized carbons (Fsp3) is 0.515. The molecule has 3 N–H and O–H groups in total. The average molecular weight is 661 g/mol. The van der Waals surface area contributed by atoms with Crippen molar-refractivity contribution in [3.63, 3.8) is 0 Å². The van der Waals surface area contributed by atoms with Crippen molar-refractivity contribution in [1.29, 1.82) is 5.41 Å². The van der Waals surface area contributed by atoms with E-state index >= 15 is 0 Å². The number of amidine groups is 1. The van der Waals surface area contributed by atoms with Crippen LogP contribution < -0.4 is 15.5 Å². The number of rotatable bonds is 10. The van der Waals surface area contributed by atoms with Gasteiger partial charge in [-0.3, -0.25) is 5.41 Å². The van der Waals surface area contributed by atoms with Gasteiger partial charge in [-0.1, -0.05) is 0 Å². The molecule has 3 aliphatic heterocycles. The monoisotopic (exact) mass is 660 g/mol. The highest BCUT2D eigenvalue weighted by atomic mass is 32.2. The Morgan fingerprint density at radius 3 is 2.60 bits per heavy atom. The van der Waals surface area contributed by atoms with Crippen LogP contribution >= 0.6 is 0 Å². The van der Waals surface area contributed by atoms with Crippen LogP contribution in [-0.2, 0) is 14.8 Å². The van der Waals surface area contributed by atoms with Gasteiger partial charge in [0.2, 0.25) is 0 Å². The minimum Gasteiger partial charge on any atom is -0.382 e. The third-order valence-corrected chi connectivity index (χ3v) is 11.7. The fourth-order valence-electron chi connectivity index (χ4n) is 6.74. The van der Waals surface area contributed by atoms with E-state index in [1.165, 1.54) is 25.2 Å². The van der Waals surface area contributed by atoms with E-state index in [-0.39, 0.29) is 11.4 Å². The normalized spacial score (nSPS) is 25.4. The lowest BCUT2D eigenvalue weighted by Crippen LogP contribution is -2.51. The van der Waals surface area contributed by atoms with Gasteiger partial charge in [-0.05, 0) is 76.8 Å². The summed E-state index contributed by atoms with van der Waals surface area (Å²) in [5.41, 5.74) is 4.60. The Kier molecular flexibility index (Phi) is 8.66. The Bertz CT molecular complexity index is 1740. The van der Waals surface area contributed by atoms with Crippen molar-refractivity contribution in [2.45, 2.75) is 55.9 Å². The zero-order valence-corrected chi connectivity index (χ0v) is 28.1. The SMILES string of the molecule is COC1CN(C2=CNC(=C3CN(c4ccnc(-c5cnn(S(=O)(=O)C6CC6)c5)n4)C(=N)C=C3NC3CCC(CN(C)C)CC3)C=C2)C1. The summed E-state index contributed by atoms with van der Waals surface area (Å²) in [6, 6.07) is 2.12. The van der Waals surface area contributed by atoms with Crippen LogP contribution in [0.1, 0.15) is 38.5 Å². The van der Waals surface area contributed by atoms with Crippen LogP contribution in [-0.4, -0.2) is 108 Å². The van der Waals surface area contributed by atoms with Gasteiger partial charge in [0.1, 0.15) is 11.7 Å². The molecule has 7 rings (SSSR count). The summed E-state index contributed by atoms with van der Waals surface area (Å²) < 4.78 is 31.9. The molecule has 5 aliphatic rings. The Morgan fingerprint density at radius 2 is 1.91 bits per heavy atom. The van der Waals surface area contributed by atoms with E-state index in [9.17, 15) is 8.42 Å². The number of aromatic nitrogens is 4. The number of dihydropyridines is 1. The van der Waals surface area contributed by atoms with Crippen molar-refractivity contribution in [3.05, 3.63) is 71.7 Å². The van der Waals surface area contributed by atoms with Crippen molar-refractivity contribution in [1.82, 2.24) is 39.6 Å². The van der Waals surface area contributed by atoms with Gasteiger partial charge in [0.25, 0.3) is 10.0 Å². The molecular formula is C33H44N10O3S. The van der Waals surface area contributed by atoms with Crippen LogP contribution in [0.3, 0.4) is 0 Å². The molecule has 0 aromatic carbocycles. The van der Waals surface area contributed by atoms with Crippen molar-refractivity contribution in [2.75, 3.05) is 52.3 Å². The molecule has 2 aliphatic carbocycles. The van der Waals surface area contributed by atoms with Crippen LogP contribution in [0.5, 0.6) is 0 Å². The van der Waals surface area contributed by atoms with Gasteiger partial charge in [0.05, 0.1) is 41.6 Å². The molecule has 250 valence electrons. The topological polar surface area (TPSA) is 145 Å². The first-order valence-electron chi connectivity index (χ1n) is 16.5. The Morgan fingerprint density at radius 1 is 1.13 bits per heavy atom. The molecule has 2 aromatic rings. The van der Waals surface area contributed by atoms with Gasteiger partial charge in [0.15, 0.2) is 5.82 Å². The molecular weight excluding hydrogens is 616 g/mol. The minimum absolute atomic E-state index is 0.267. The lowest BCUT2D eigenvalue weighted by molar-refractivity contribution is -0.00972. The molecule has 0 bridgehead atoms. The van der Waals surface area contributed by atoms with Crippen molar-refractivity contribution < 1.29 is 13.2 Å². The summed E-state index contributed by atoms with van der Waals surface area (Å²) in [4.78, 5) is 15.6. The second-order valence-electron chi connectivity index (χ2n) is 13.4. The Hall–Kier alpha value is -4.01. The van der Waals surface area contributed by atoms with E-state index in [4.69, 9.17) is 15.1 Å². The molecule has 14 heteroatoms. The summed E-state index contributed by atoms with van der Waals surface area (Å²) in [5, 5.41) is 20.2. The van der Waals surface area contributed by atoms with Crippen LogP contribution in [0.25, 0.3) is 11.4 Å². The lowest BCUT2D eigenvalue weighted by Gasteiger charge is -2.41. The summed E-state index contributed by atoms with van der Waals surface area (Å²) in [7, 11) is 2.54. The largest absolute Gasteiger partial charge is 0.382 e. The molecule has 13 nitrogen and oxygen atoms in total. The predicted octanol–water partition coefficient (Wildman–Crippen LogP) is 2.66. The number of ether oxygens (including phenoxy) is 1. The second kappa shape index (κ2) is 12.9. The summed E-state index contributed by atoms with van der Waals surface area (Å²) in [6.45, 7) is 3.28. The van der Waals surface area contributed by atoms with Gasteiger partial charge < -0.3 is 30.1 Å². The van der Waals surface area contributed by atoms with E-state index < -0.39 is 10.0 Å². The highest BCUT2D eigenvalue weighted by Crippen LogP contribution is 2.32. The molecule has 0 atom stereocenters. The first-order valence-corrected chi connectivity index (χ1v) is 18.0. The maximum Gasteiger partial charge on any atom is 0.256 e. The third-order valence-electron chi connectivity index (χ3n) is 9.65. The molecule has 5 heterocycles. The fourth-order valence-corrected chi connectivity index (χ4v) is 8.21. The predicted molar refractivity (Wildman–Crippen MR) is 181 cm³/mol. The molecule has 3 fully saturated rings. The van der Waals surface area contributed by atoms with Crippen molar-refractivity contribution in [2.24, 2.45) is 5.92 Å². The number of hydrogen-bond acceptors (Lipinski definition) is 11. The zero-order valence-electron chi connectivity index (χ0n) is 27.3. The molecule has 47 heavy (non-hydrogen) atoms. The summed E-state index contributed by atoms with van der Waals surface area (Å²) >= 11 is 0. The zero-order chi connectivity index (χ0) is 32.7. The van der Waals surface area contributed by atoms with E-state index in [0.717, 1.165) is 59.2 Å². The maximum atomic E-state index is 12.7. The van der Waals surface area contributed by atoms with Gasteiger partial charge in [-0.25, -0.2) is 18.4 Å². The molecule has 2 saturated carbocycles. The summed E-state index contributed by atoms with van der Waals surface area (Å²) in [6.07, 6.45) is 18.9. The average Bonchev–Trinajstić information content (AvgIpc) is 3.79. The number of nitrogens with zero attached hydrogens (tertiary/aromatic N) is 7. The number of allylic oxidation sites excluding steroid dienone is 2. The molecule has 0 spiro atoms. The Labute approximate surface area is 276 Å². The van der Waals surface area contributed by atoms with Gasteiger partial charge >= 0.3 is 0 Å². The number of likely N-dealkylation sites (tertiary alicyclic amines) is 1. The Balaban J connectivity index is 1.14. The third kappa shape index (κ3) is 6.72. The first-order chi connectivity index (χ1) is 22.7. The number of nitrogens with one attached hydrogen (secondary N) is 3. The van der Waals surface area contributed by atoms with Crippen molar-refractivity contribution >= 4 is 21.7 Å². The van der Waals surface area contributed by atoms with E-state index in [0.29, 0.717) is 54.4 Å². The summed E-state index contributed by atoms with van der Waals surface area (Å²) in [5.74, 6) is 1.94. The molecule has 0 unspecified atom stereocenters. The minimum atomic E-state index is -3.50. The van der Waals surface area contributed by atoms with Crippen molar-refractivity contribution in [3.8, 4) is 11.4 Å². The van der Waals surface area contributed by atoms with Crippen LogP contribution in [0.15, 0.2) is 71.7 Å². The molecule has 1 saturated heterocycles. The molecule has 0 amide bonds. The lowest BCUT2D eigenvalue weighted by atomic mass is 9.85. The molecule has 0 radical (unpaired) electrons.